The van der Waals surface area contributed by atoms with Gasteiger partial charge in [0.05, 0.1) is 17.5 Å². The maximum absolute atomic E-state index is 13.0. The summed E-state index contributed by atoms with van der Waals surface area (Å²) in [4.78, 5) is 21.8. The van der Waals surface area contributed by atoms with E-state index in [0.29, 0.717) is 17.5 Å². The fourth-order valence-electron chi connectivity index (χ4n) is 3.62. The third kappa shape index (κ3) is 2.79. The zero-order chi connectivity index (χ0) is 17.6. The molecule has 0 unspecified atom stereocenters. The molecule has 130 valence electrons. The van der Waals surface area contributed by atoms with Crippen molar-refractivity contribution in [2.75, 3.05) is 27.2 Å². The van der Waals surface area contributed by atoms with Crippen molar-refractivity contribution in [3.8, 4) is 0 Å². The van der Waals surface area contributed by atoms with Gasteiger partial charge in [-0.2, -0.15) is 5.10 Å². The fraction of sp³-hybridized carbons (Fsp3) is 0.611. The molecule has 1 saturated heterocycles. The third-order valence-corrected chi connectivity index (χ3v) is 5.00. The smallest absolute Gasteiger partial charge is 0.255 e. The monoisotopic (exact) mass is 329 g/mol. The average Bonchev–Trinajstić information content (AvgIpc) is 3.08. The Morgan fingerprint density at radius 2 is 2.04 bits per heavy atom. The van der Waals surface area contributed by atoms with Crippen LogP contribution in [0.25, 0.3) is 11.0 Å². The number of aromatic nitrogens is 3. The minimum Gasteiger partial charge on any atom is -0.337 e. The number of likely N-dealkylation sites (tertiary alicyclic amines) is 1. The summed E-state index contributed by atoms with van der Waals surface area (Å²) < 4.78 is 1.90. The molecule has 2 atom stereocenters. The number of aryl methyl sites for hydroxylation is 1. The van der Waals surface area contributed by atoms with Gasteiger partial charge in [0, 0.05) is 30.6 Å². The van der Waals surface area contributed by atoms with Gasteiger partial charge >= 0.3 is 0 Å². The molecule has 1 aliphatic rings. The van der Waals surface area contributed by atoms with Gasteiger partial charge < -0.3 is 9.80 Å². The first-order chi connectivity index (χ1) is 11.3. The van der Waals surface area contributed by atoms with Gasteiger partial charge in [-0.1, -0.05) is 6.92 Å². The number of rotatable bonds is 3. The SMILES string of the molecule is Cc1nc2c(cnn2C(C)C)cc1C(=O)N1C[C@@H](C)[C@@H](N(C)C)C1. The molecule has 6 heteroatoms. The van der Waals surface area contributed by atoms with Crippen molar-refractivity contribution in [3.63, 3.8) is 0 Å². The Balaban J connectivity index is 1.92. The van der Waals surface area contributed by atoms with Crippen molar-refractivity contribution in [3.05, 3.63) is 23.5 Å². The number of nitrogens with zero attached hydrogens (tertiary/aromatic N) is 5. The number of pyridine rings is 1. The Hall–Kier alpha value is -1.95. The molecule has 24 heavy (non-hydrogen) atoms. The first-order valence-electron chi connectivity index (χ1n) is 8.60. The molecule has 0 aliphatic carbocycles. The molecule has 0 N–H and O–H groups in total. The lowest BCUT2D eigenvalue weighted by Crippen LogP contribution is -2.36. The van der Waals surface area contributed by atoms with Gasteiger partial charge in [-0.15, -0.1) is 0 Å². The maximum atomic E-state index is 13.0. The van der Waals surface area contributed by atoms with Crippen molar-refractivity contribution >= 4 is 16.9 Å². The summed E-state index contributed by atoms with van der Waals surface area (Å²) in [6.45, 7) is 9.84. The molecule has 3 rings (SSSR count). The lowest BCUT2D eigenvalue weighted by atomic mass is 10.1. The van der Waals surface area contributed by atoms with Gasteiger partial charge in [0.15, 0.2) is 5.65 Å². The zero-order valence-electron chi connectivity index (χ0n) is 15.4. The second-order valence-corrected chi connectivity index (χ2v) is 7.44. The summed E-state index contributed by atoms with van der Waals surface area (Å²) in [5, 5.41) is 5.33. The summed E-state index contributed by atoms with van der Waals surface area (Å²) in [6.07, 6.45) is 1.80. The lowest BCUT2D eigenvalue weighted by molar-refractivity contribution is 0.0780. The summed E-state index contributed by atoms with van der Waals surface area (Å²) in [5.41, 5.74) is 2.31. The van der Waals surface area contributed by atoms with E-state index >= 15 is 0 Å². The quantitative estimate of drug-likeness (QED) is 0.867. The number of carbonyl (C=O) groups is 1. The fourth-order valence-corrected chi connectivity index (χ4v) is 3.62. The molecule has 0 aromatic carbocycles. The Morgan fingerprint density at radius 1 is 1.33 bits per heavy atom. The van der Waals surface area contributed by atoms with Crippen LogP contribution in [0.4, 0.5) is 0 Å². The molecule has 6 nitrogen and oxygen atoms in total. The van der Waals surface area contributed by atoms with Gasteiger partial charge in [0.25, 0.3) is 5.91 Å². The van der Waals surface area contributed by atoms with Gasteiger partial charge in [-0.3, -0.25) is 4.79 Å². The Labute approximate surface area is 143 Å². The number of hydrogen-bond acceptors (Lipinski definition) is 4. The molecule has 2 aromatic rings. The van der Waals surface area contributed by atoms with E-state index in [2.05, 4.69) is 49.8 Å². The van der Waals surface area contributed by atoms with E-state index in [1.807, 2.05) is 22.6 Å². The highest BCUT2D eigenvalue weighted by Crippen LogP contribution is 2.25. The van der Waals surface area contributed by atoms with Crippen LogP contribution >= 0.6 is 0 Å². The number of amides is 1. The van der Waals surface area contributed by atoms with Crippen molar-refractivity contribution in [2.24, 2.45) is 5.92 Å². The van der Waals surface area contributed by atoms with E-state index in [9.17, 15) is 4.79 Å². The first kappa shape index (κ1) is 16.9. The van der Waals surface area contributed by atoms with Crippen LogP contribution in [0.3, 0.4) is 0 Å². The van der Waals surface area contributed by atoms with Crippen LogP contribution < -0.4 is 0 Å². The molecule has 1 aliphatic heterocycles. The van der Waals surface area contributed by atoms with Crippen LogP contribution in [0.1, 0.15) is 42.9 Å². The summed E-state index contributed by atoms with van der Waals surface area (Å²) in [5.74, 6) is 0.556. The highest BCUT2D eigenvalue weighted by molar-refractivity contribution is 5.98. The predicted molar refractivity (Wildman–Crippen MR) is 95.2 cm³/mol. The maximum Gasteiger partial charge on any atom is 0.255 e. The molecule has 2 aromatic heterocycles. The lowest BCUT2D eigenvalue weighted by Gasteiger charge is -2.22. The zero-order valence-corrected chi connectivity index (χ0v) is 15.4. The van der Waals surface area contributed by atoms with Crippen LogP contribution in [0, 0.1) is 12.8 Å². The van der Waals surface area contributed by atoms with E-state index < -0.39 is 0 Å². The van der Waals surface area contributed by atoms with E-state index in [-0.39, 0.29) is 11.9 Å². The molecule has 0 saturated carbocycles. The minimum atomic E-state index is 0.0791. The highest BCUT2D eigenvalue weighted by Gasteiger charge is 2.34. The van der Waals surface area contributed by atoms with Gasteiger partial charge in [-0.25, -0.2) is 9.67 Å². The van der Waals surface area contributed by atoms with Gasteiger partial charge in [0.1, 0.15) is 0 Å². The number of likely N-dealkylation sites (N-methyl/N-ethyl adjacent to an activating group) is 1. The molecular formula is C18H27N5O. The second-order valence-electron chi connectivity index (χ2n) is 7.44. The van der Waals surface area contributed by atoms with Gasteiger partial charge in [-0.05, 0) is 46.9 Å². The van der Waals surface area contributed by atoms with Crippen LogP contribution in [0.15, 0.2) is 12.3 Å². The number of hydrogen-bond donors (Lipinski definition) is 0. The summed E-state index contributed by atoms with van der Waals surface area (Å²) >= 11 is 0. The Morgan fingerprint density at radius 3 is 2.62 bits per heavy atom. The molecule has 0 spiro atoms. The van der Waals surface area contributed by atoms with E-state index in [1.54, 1.807) is 6.20 Å². The molecule has 1 fully saturated rings. The standard InChI is InChI=1S/C18H27N5O/c1-11(2)23-17-14(8-19-23)7-15(13(4)20-17)18(24)22-9-12(3)16(10-22)21(5)6/h7-8,11-12,16H,9-10H2,1-6H3/t12-,16+/m1/s1. The number of carbonyl (C=O) groups excluding carboxylic acids is 1. The third-order valence-electron chi connectivity index (χ3n) is 5.00. The van der Waals surface area contributed by atoms with Crippen LogP contribution in [0.2, 0.25) is 0 Å². The molecule has 1 amide bonds. The highest BCUT2D eigenvalue weighted by atomic mass is 16.2. The van der Waals surface area contributed by atoms with E-state index in [0.717, 1.165) is 29.8 Å². The first-order valence-corrected chi connectivity index (χ1v) is 8.60. The minimum absolute atomic E-state index is 0.0791. The number of fused-ring (bicyclic) bond motifs is 1. The Kier molecular flexibility index (Phi) is 4.34. The van der Waals surface area contributed by atoms with Gasteiger partial charge in [0.2, 0.25) is 0 Å². The topological polar surface area (TPSA) is 54.3 Å². The average molecular weight is 329 g/mol. The van der Waals surface area contributed by atoms with E-state index in [1.165, 1.54) is 0 Å². The van der Waals surface area contributed by atoms with Crippen molar-refractivity contribution < 1.29 is 4.79 Å². The Bertz CT molecular complexity index is 764. The molecule has 3 heterocycles. The van der Waals surface area contributed by atoms with Crippen LogP contribution in [0.5, 0.6) is 0 Å². The summed E-state index contributed by atoms with van der Waals surface area (Å²) in [7, 11) is 4.16. The predicted octanol–water partition coefficient (Wildman–Crippen LogP) is 2.34. The van der Waals surface area contributed by atoms with Crippen molar-refractivity contribution in [1.29, 1.82) is 0 Å². The largest absolute Gasteiger partial charge is 0.337 e. The van der Waals surface area contributed by atoms with Crippen molar-refractivity contribution in [2.45, 2.75) is 39.8 Å². The van der Waals surface area contributed by atoms with Crippen LogP contribution in [-0.2, 0) is 0 Å². The van der Waals surface area contributed by atoms with Crippen LogP contribution in [-0.4, -0.2) is 63.7 Å². The van der Waals surface area contributed by atoms with E-state index in [4.69, 9.17) is 0 Å². The molecular weight excluding hydrogens is 302 g/mol. The van der Waals surface area contributed by atoms with Crippen molar-refractivity contribution in [1.82, 2.24) is 24.6 Å². The molecule has 0 bridgehead atoms. The molecule has 0 radical (unpaired) electrons. The second kappa shape index (κ2) is 6.16. The normalized spacial score (nSPS) is 21.4. The summed E-state index contributed by atoms with van der Waals surface area (Å²) in [6, 6.07) is 2.60.